The molecule has 2 aromatic rings. The number of fused-ring (bicyclic) bond motifs is 1. The summed E-state index contributed by atoms with van der Waals surface area (Å²) in [5.74, 6) is -1.61. The summed E-state index contributed by atoms with van der Waals surface area (Å²) in [5, 5.41) is 11.7. The number of piperazine rings is 1. The number of rotatable bonds is 4. The Morgan fingerprint density at radius 1 is 0.972 bits per heavy atom. The van der Waals surface area contributed by atoms with Crippen molar-refractivity contribution in [2.75, 3.05) is 26.2 Å². The molecule has 0 bridgehead atoms. The van der Waals surface area contributed by atoms with Crippen molar-refractivity contribution in [3.8, 4) is 5.75 Å². The number of carbonyl (C=O) groups excluding carboxylic acids is 4. The van der Waals surface area contributed by atoms with Crippen LogP contribution < -0.4 is 5.32 Å². The Bertz CT molecular complexity index is 1370. The molecule has 3 aliphatic heterocycles. The van der Waals surface area contributed by atoms with Gasteiger partial charge in [-0.15, -0.1) is 0 Å². The molecule has 11 nitrogen and oxygen atoms in total. The number of carbonyl (C=O) groups is 4. The van der Waals surface area contributed by atoms with Crippen molar-refractivity contribution < 1.29 is 32.7 Å². The minimum absolute atomic E-state index is 0.00135. The fourth-order valence-electron chi connectivity index (χ4n) is 4.86. The molecule has 3 aliphatic rings. The summed E-state index contributed by atoms with van der Waals surface area (Å²) in [6, 6.07) is 9.51. The first-order valence-corrected chi connectivity index (χ1v) is 13.0. The summed E-state index contributed by atoms with van der Waals surface area (Å²) in [4.78, 5) is 52.5. The smallest absolute Gasteiger partial charge is 0.255 e. The van der Waals surface area contributed by atoms with Crippen molar-refractivity contribution in [2.24, 2.45) is 0 Å². The highest BCUT2D eigenvalue weighted by molar-refractivity contribution is 7.89. The number of piperidine rings is 1. The van der Waals surface area contributed by atoms with E-state index in [-0.39, 0.29) is 67.7 Å². The maximum atomic E-state index is 13.6. The van der Waals surface area contributed by atoms with Gasteiger partial charge in [0.1, 0.15) is 11.8 Å². The van der Waals surface area contributed by atoms with Gasteiger partial charge in [0.25, 0.3) is 11.8 Å². The van der Waals surface area contributed by atoms with Crippen LogP contribution in [0.4, 0.5) is 0 Å². The zero-order chi connectivity index (χ0) is 25.6. The highest BCUT2D eigenvalue weighted by atomic mass is 32.2. The quantitative estimate of drug-likeness (QED) is 0.561. The normalized spacial score (nSPS) is 20.9. The van der Waals surface area contributed by atoms with Gasteiger partial charge < -0.3 is 14.9 Å². The number of benzene rings is 2. The van der Waals surface area contributed by atoms with E-state index in [2.05, 4.69) is 5.32 Å². The van der Waals surface area contributed by atoms with E-state index in [4.69, 9.17) is 0 Å². The van der Waals surface area contributed by atoms with E-state index >= 15 is 0 Å². The number of phenolic OH excluding ortho intramolecular Hbond substituents is 1. The molecule has 2 N–H and O–H groups in total. The zero-order valence-corrected chi connectivity index (χ0v) is 20.0. The maximum absolute atomic E-state index is 13.6. The van der Waals surface area contributed by atoms with Gasteiger partial charge in [-0.1, -0.05) is 6.07 Å². The Morgan fingerprint density at radius 2 is 1.67 bits per heavy atom. The Labute approximate surface area is 207 Å². The van der Waals surface area contributed by atoms with E-state index in [0.717, 1.165) is 0 Å². The average Bonchev–Trinajstić information content (AvgIpc) is 3.20. The topological polar surface area (TPSA) is 144 Å². The third-order valence-electron chi connectivity index (χ3n) is 6.80. The summed E-state index contributed by atoms with van der Waals surface area (Å²) >= 11 is 0. The zero-order valence-electron chi connectivity index (χ0n) is 19.2. The SMILES string of the molecule is O=C1CCC(N2Cc3c(cccc3S(=O)(=O)N3CCN(C(=O)c4ccc(O)cc4)CC3)C2=O)C(=O)N1. The lowest BCUT2D eigenvalue weighted by Gasteiger charge is -2.34. The molecule has 1 unspecified atom stereocenters. The van der Waals surface area contributed by atoms with Crippen molar-refractivity contribution >= 4 is 33.7 Å². The standard InChI is InChI=1S/C24H24N4O7S/c29-16-6-4-15(5-7-16)23(32)26-10-12-27(13-11-26)36(34,35)20-3-1-2-17-18(20)14-28(24(17)33)19-8-9-21(30)25-22(19)31/h1-7,19,29H,8-14H2,(H,25,30,31). The summed E-state index contributed by atoms with van der Waals surface area (Å²) in [6.45, 7) is 0.501. The van der Waals surface area contributed by atoms with Crippen LogP contribution in [0.25, 0.3) is 0 Å². The van der Waals surface area contributed by atoms with Crippen LogP contribution in [0.5, 0.6) is 5.75 Å². The number of hydrogen-bond donors (Lipinski definition) is 2. The van der Waals surface area contributed by atoms with Gasteiger partial charge in [-0.05, 0) is 42.8 Å². The van der Waals surface area contributed by atoms with Gasteiger partial charge in [0, 0.05) is 55.8 Å². The predicted octanol–water partition coefficient (Wildman–Crippen LogP) is 0.300. The van der Waals surface area contributed by atoms with Crippen LogP contribution in [0.3, 0.4) is 0 Å². The molecule has 2 fully saturated rings. The molecular weight excluding hydrogens is 488 g/mol. The Balaban J connectivity index is 1.33. The predicted molar refractivity (Wildman–Crippen MR) is 125 cm³/mol. The molecule has 4 amide bonds. The lowest BCUT2D eigenvalue weighted by atomic mass is 10.0. The fourth-order valence-corrected chi connectivity index (χ4v) is 6.51. The van der Waals surface area contributed by atoms with Crippen LogP contribution in [0.1, 0.15) is 39.1 Å². The van der Waals surface area contributed by atoms with Gasteiger partial charge in [-0.25, -0.2) is 8.42 Å². The lowest BCUT2D eigenvalue weighted by molar-refractivity contribution is -0.136. The number of nitrogens with one attached hydrogen (secondary N) is 1. The summed E-state index contributed by atoms with van der Waals surface area (Å²) < 4.78 is 28.4. The first-order chi connectivity index (χ1) is 17.2. The molecule has 36 heavy (non-hydrogen) atoms. The van der Waals surface area contributed by atoms with E-state index in [0.29, 0.717) is 11.1 Å². The number of nitrogens with zero attached hydrogens (tertiary/aromatic N) is 3. The van der Waals surface area contributed by atoms with Gasteiger partial charge >= 0.3 is 0 Å². The van der Waals surface area contributed by atoms with Gasteiger partial charge in [0.15, 0.2) is 0 Å². The van der Waals surface area contributed by atoms with Crippen LogP contribution in [0.15, 0.2) is 47.4 Å². The molecule has 2 saturated heterocycles. The molecule has 3 heterocycles. The average molecular weight is 513 g/mol. The Morgan fingerprint density at radius 3 is 2.33 bits per heavy atom. The van der Waals surface area contributed by atoms with Crippen LogP contribution in [-0.4, -0.2) is 83.5 Å². The number of imide groups is 1. The van der Waals surface area contributed by atoms with Crippen molar-refractivity contribution in [2.45, 2.75) is 30.3 Å². The van der Waals surface area contributed by atoms with Crippen LogP contribution in [0.2, 0.25) is 0 Å². The second kappa shape index (κ2) is 9.03. The lowest BCUT2D eigenvalue weighted by Crippen LogP contribution is -2.52. The maximum Gasteiger partial charge on any atom is 0.255 e. The molecule has 1 atom stereocenters. The fraction of sp³-hybridized carbons (Fsp3) is 0.333. The molecule has 2 aromatic carbocycles. The Kier molecular flexibility index (Phi) is 6.00. The van der Waals surface area contributed by atoms with Crippen molar-refractivity contribution in [1.29, 1.82) is 0 Å². The van der Waals surface area contributed by atoms with Crippen LogP contribution in [0, 0.1) is 0 Å². The number of amides is 4. The second-order valence-electron chi connectivity index (χ2n) is 8.93. The monoisotopic (exact) mass is 512 g/mol. The Hall–Kier alpha value is -3.77. The van der Waals surface area contributed by atoms with E-state index in [9.17, 15) is 32.7 Å². The third kappa shape index (κ3) is 4.11. The molecule has 188 valence electrons. The second-order valence-corrected chi connectivity index (χ2v) is 10.8. The molecule has 0 spiro atoms. The first-order valence-electron chi connectivity index (χ1n) is 11.5. The largest absolute Gasteiger partial charge is 0.508 e. The molecule has 0 aliphatic carbocycles. The first kappa shape index (κ1) is 23.9. The molecule has 0 saturated carbocycles. The van der Waals surface area contributed by atoms with E-state index in [1.165, 1.54) is 51.7 Å². The summed E-state index contributed by atoms with van der Waals surface area (Å²) in [7, 11) is -3.98. The van der Waals surface area contributed by atoms with Gasteiger partial charge in [0.05, 0.1) is 4.90 Å². The highest BCUT2D eigenvalue weighted by Crippen LogP contribution is 2.33. The number of hydrogen-bond acceptors (Lipinski definition) is 7. The summed E-state index contributed by atoms with van der Waals surface area (Å²) in [5.41, 5.74) is 0.953. The number of phenols is 1. The van der Waals surface area contributed by atoms with Crippen LogP contribution >= 0.6 is 0 Å². The van der Waals surface area contributed by atoms with E-state index < -0.39 is 33.8 Å². The summed E-state index contributed by atoms with van der Waals surface area (Å²) in [6.07, 6.45) is 0.290. The molecular formula is C24H24N4O7S. The minimum atomic E-state index is -3.98. The highest BCUT2D eigenvalue weighted by Gasteiger charge is 2.42. The molecule has 12 heteroatoms. The van der Waals surface area contributed by atoms with E-state index in [1.54, 1.807) is 4.90 Å². The third-order valence-corrected chi connectivity index (χ3v) is 8.78. The van der Waals surface area contributed by atoms with Crippen molar-refractivity contribution in [3.63, 3.8) is 0 Å². The van der Waals surface area contributed by atoms with Crippen LogP contribution in [-0.2, 0) is 26.2 Å². The molecule has 5 rings (SSSR count). The molecule has 0 radical (unpaired) electrons. The van der Waals surface area contributed by atoms with Crippen molar-refractivity contribution in [3.05, 3.63) is 59.2 Å². The number of sulfonamides is 1. The van der Waals surface area contributed by atoms with Gasteiger partial charge in [-0.2, -0.15) is 4.31 Å². The van der Waals surface area contributed by atoms with Crippen molar-refractivity contribution in [1.82, 2.24) is 19.4 Å². The number of aromatic hydroxyl groups is 1. The molecule has 0 aromatic heterocycles. The van der Waals surface area contributed by atoms with Gasteiger partial charge in [0.2, 0.25) is 21.8 Å². The van der Waals surface area contributed by atoms with E-state index in [1.807, 2.05) is 0 Å². The van der Waals surface area contributed by atoms with Gasteiger partial charge in [-0.3, -0.25) is 24.5 Å². The minimum Gasteiger partial charge on any atom is -0.508 e.